The molecule has 2 aliphatic heterocycles. The maximum absolute atomic E-state index is 14.7. The van der Waals surface area contributed by atoms with Gasteiger partial charge in [0, 0.05) is 33.4 Å². The van der Waals surface area contributed by atoms with Crippen LogP contribution in [0.15, 0.2) is 24.3 Å². The number of rotatable bonds is 13. The minimum absolute atomic E-state index is 0.0391. The minimum Gasteiger partial charge on any atom is -0.497 e. The van der Waals surface area contributed by atoms with Gasteiger partial charge in [-0.3, -0.25) is 24.0 Å². The minimum atomic E-state index is -1.54. The van der Waals surface area contributed by atoms with E-state index < -0.39 is 83.2 Å². The Labute approximate surface area is 304 Å². The molecule has 2 heterocycles. The van der Waals surface area contributed by atoms with Crippen molar-refractivity contribution in [2.75, 3.05) is 27.3 Å². The molecule has 4 amide bonds. The Kier molecular flexibility index (Phi) is 14.0. The molecule has 0 radical (unpaired) electrons. The molecule has 0 spiro atoms. The summed E-state index contributed by atoms with van der Waals surface area (Å²) in [6.07, 6.45) is -1.76. The summed E-state index contributed by atoms with van der Waals surface area (Å²) in [5.41, 5.74) is -1.74. The molecule has 2 saturated heterocycles. The second-order valence-electron chi connectivity index (χ2n) is 14.1. The Balaban J connectivity index is 2.02. The molecule has 6 atom stereocenters. The Morgan fingerprint density at radius 3 is 2.00 bits per heavy atom. The number of likely N-dealkylation sites (tertiary alicyclic amines) is 2. The van der Waals surface area contributed by atoms with E-state index in [0.717, 1.165) is 7.11 Å². The first kappa shape index (κ1) is 41.5. The molecule has 0 bridgehead atoms. The van der Waals surface area contributed by atoms with Gasteiger partial charge in [-0.15, -0.1) is 0 Å². The SMILES string of the molecule is COC(=O)C(NC(=O)C1(Cc2ccc(OC)cc2)CCCN1C(=O)[C@@H]1CCCN1C(=O)C(NC(=O)OC(C)(C)C)C(C)OC(C)=O)C(C)OC(C)=O. The van der Waals surface area contributed by atoms with Crippen LogP contribution >= 0.6 is 0 Å². The van der Waals surface area contributed by atoms with Crippen LogP contribution in [0.5, 0.6) is 5.75 Å². The molecule has 0 aromatic heterocycles. The molecular formula is C36H52N4O12. The fraction of sp³-hybridized carbons (Fsp3) is 0.639. The number of carbonyl (C=O) groups is 7. The molecule has 2 fully saturated rings. The quantitative estimate of drug-likeness (QED) is 0.222. The van der Waals surface area contributed by atoms with Crippen molar-refractivity contribution in [3.8, 4) is 5.75 Å². The van der Waals surface area contributed by atoms with E-state index in [1.54, 1.807) is 45.0 Å². The molecule has 288 valence electrons. The highest BCUT2D eigenvalue weighted by atomic mass is 16.6. The van der Waals surface area contributed by atoms with Gasteiger partial charge < -0.3 is 44.1 Å². The molecule has 2 aliphatic rings. The molecule has 1 aromatic carbocycles. The maximum atomic E-state index is 14.7. The summed E-state index contributed by atoms with van der Waals surface area (Å²) < 4.78 is 26.1. The lowest BCUT2D eigenvalue weighted by molar-refractivity contribution is -0.159. The van der Waals surface area contributed by atoms with Crippen molar-refractivity contribution in [2.45, 2.75) is 122 Å². The van der Waals surface area contributed by atoms with Gasteiger partial charge in [-0.05, 0) is 78.0 Å². The van der Waals surface area contributed by atoms with E-state index in [9.17, 15) is 33.6 Å². The number of hydrogen-bond acceptors (Lipinski definition) is 12. The van der Waals surface area contributed by atoms with Crippen molar-refractivity contribution in [2.24, 2.45) is 0 Å². The van der Waals surface area contributed by atoms with Gasteiger partial charge in [0.2, 0.25) is 17.7 Å². The molecular weight excluding hydrogens is 680 g/mol. The predicted molar refractivity (Wildman–Crippen MR) is 185 cm³/mol. The maximum Gasteiger partial charge on any atom is 0.408 e. The molecule has 1 aromatic rings. The van der Waals surface area contributed by atoms with Gasteiger partial charge in [-0.1, -0.05) is 12.1 Å². The van der Waals surface area contributed by atoms with E-state index in [1.165, 1.54) is 44.6 Å². The Bertz CT molecular complexity index is 1490. The summed E-state index contributed by atoms with van der Waals surface area (Å²) in [6.45, 7) is 10.5. The summed E-state index contributed by atoms with van der Waals surface area (Å²) in [7, 11) is 2.66. The van der Waals surface area contributed by atoms with Gasteiger partial charge in [0.05, 0.1) is 14.2 Å². The average Bonchev–Trinajstić information content (AvgIpc) is 3.72. The van der Waals surface area contributed by atoms with Crippen LogP contribution < -0.4 is 15.4 Å². The van der Waals surface area contributed by atoms with Crippen LogP contribution in [0.25, 0.3) is 0 Å². The van der Waals surface area contributed by atoms with Crippen molar-refractivity contribution >= 4 is 41.7 Å². The van der Waals surface area contributed by atoms with Crippen LogP contribution in [0, 0.1) is 0 Å². The smallest absolute Gasteiger partial charge is 0.408 e. The number of carbonyl (C=O) groups excluding carboxylic acids is 7. The number of amides is 4. The third-order valence-electron chi connectivity index (χ3n) is 8.98. The standard InChI is InChI=1S/C36H52N4O12/c1-21(50-23(3)41)28(38-34(47)52-35(5,6)7)31(44)39-18-10-12-27(39)30(43)40-19-11-17-36(40,20-25-13-15-26(48-8)16-14-25)33(46)37-29(32(45)49-9)22(2)51-24(4)42/h13-16,21-22,27-29H,10-12,17-20H2,1-9H3,(H,37,46)(H,38,47)/t21?,22?,27-,28?,29?,36?/m0/s1. The van der Waals surface area contributed by atoms with Gasteiger partial charge >= 0.3 is 24.0 Å². The molecule has 3 rings (SSSR count). The van der Waals surface area contributed by atoms with E-state index in [0.29, 0.717) is 24.2 Å². The fourth-order valence-corrected chi connectivity index (χ4v) is 6.67. The summed E-state index contributed by atoms with van der Waals surface area (Å²) in [5.74, 6) is -3.46. The van der Waals surface area contributed by atoms with Gasteiger partial charge in [0.25, 0.3) is 0 Å². The first-order chi connectivity index (χ1) is 24.3. The highest BCUT2D eigenvalue weighted by molar-refractivity contribution is 5.98. The number of benzene rings is 1. The number of methoxy groups -OCH3 is 2. The largest absolute Gasteiger partial charge is 0.497 e. The molecule has 52 heavy (non-hydrogen) atoms. The first-order valence-corrected chi connectivity index (χ1v) is 17.3. The Morgan fingerprint density at radius 2 is 1.46 bits per heavy atom. The van der Waals surface area contributed by atoms with Crippen molar-refractivity contribution < 1.29 is 57.2 Å². The van der Waals surface area contributed by atoms with Crippen LogP contribution in [-0.2, 0) is 54.1 Å². The van der Waals surface area contributed by atoms with Gasteiger partial charge in [-0.25, -0.2) is 9.59 Å². The molecule has 5 unspecified atom stereocenters. The second kappa shape index (κ2) is 17.6. The molecule has 2 N–H and O–H groups in total. The van der Waals surface area contributed by atoms with Crippen molar-refractivity contribution in [1.29, 1.82) is 0 Å². The summed E-state index contributed by atoms with van der Waals surface area (Å²) >= 11 is 0. The zero-order valence-electron chi connectivity index (χ0n) is 31.4. The van der Waals surface area contributed by atoms with Crippen LogP contribution in [0.3, 0.4) is 0 Å². The normalized spacial score (nSPS) is 20.8. The zero-order valence-corrected chi connectivity index (χ0v) is 31.4. The number of ether oxygens (including phenoxy) is 5. The zero-order chi connectivity index (χ0) is 39.0. The lowest BCUT2D eigenvalue weighted by Gasteiger charge is -2.41. The van der Waals surface area contributed by atoms with Crippen LogP contribution in [0.4, 0.5) is 4.79 Å². The van der Waals surface area contributed by atoms with E-state index in [2.05, 4.69) is 10.6 Å². The lowest BCUT2D eigenvalue weighted by Crippen LogP contribution is -2.65. The van der Waals surface area contributed by atoms with E-state index >= 15 is 0 Å². The van der Waals surface area contributed by atoms with E-state index in [-0.39, 0.29) is 32.4 Å². The molecule has 16 nitrogen and oxygen atoms in total. The third kappa shape index (κ3) is 10.3. The topological polar surface area (TPSA) is 196 Å². The molecule has 0 aliphatic carbocycles. The Morgan fingerprint density at radius 1 is 0.865 bits per heavy atom. The van der Waals surface area contributed by atoms with Crippen LogP contribution in [0.1, 0.15) is 79.7 Å². The van der Waals surface area contributed by atoms with Gasteiger partial charge in [0.1, 0.15) is 41.2 Å². The fourth-order valence-electron chi connectivity index (χ4n) is 6.67. The Hall–Kier alpha value is -4.89. The van der Waals surface area contributed by atoms with E-state index in [4.69, 9.17) is 23.7 Å². The number of nitrogens with zero attached hydrogens (tertiary/aromatic N) is 2. The first-order valence-electron chi connectivity index (χ1n) is 17.3. The van der Waals surface area contributed by atoms with Crippen molar-refractivity contribution in [3.05, 3.63) is 29.8 Å². The van der Waals surface area contributed by atoms with Crippen molar-refractivity contribution in [1.82, 2.24) is 20.4 Å². The summed E-state index contributed by atoms with van der Waals surface area (Å²) in [5, 5.41) is 5.21. The van der Waals surface area contributed by atoms with Crippen molar-refractivity contribution in [3.63, 3.8) is 0 Å². The highest BCUT2D eigenvalue weighted by Crippen LogP contribution is 2.36. The van der Waals surface area contributed by atoms with E-state index in [1.807, 2.05) is 0 Å². The summed E-state index contributed by atoms with van der Waals surface area (Å²) in [4.78, 5) is 95.5. The number of alkyl carbamates (subject to hydrolysis) is 1. The predicted octanol–water partition coefficient (Wildman–Crippen LogP) is 2.04. The summed E-state index contributed by atoms with van der Waals surface area (Å²) in [6, 6.07) is 3.17. The number of esters is 3. The van der Waals surface area contributed by atoms with Crippen LogP contribution in [0.2, 0.25) is 0 Å². The number of hydrogen-bond donors (Lipinski definition) is 2. The van der Waals surface area contributed by atoms with Gasteiger partial charge in [-0.2, -0.15) is 0 Å². The van der Waals surface area contributed by atoms with Crippen LogP contribution in [-0.4, -0.2) is 120 Å². The lowest BCUT2D eigenvalue weighted by atomic mass is 9.86. The monoisotopic (exact) mass is 732 g/mol. The molecule has 16 heteroatoms. The highest BCUT2D eigenvalue weighted by Gasteiger charge is 2.54. The average molecular weight is 733 g/mol. The number of nitrogens with one attached hydrogen (secondary N) is 2. The van der Waals surface area contributed by atoms with Gasteiger partial charge in [0.15, 0.2) is 6.04 Å². The molecule has 0 saturated carbocycles. The third-order valence-corrected chi connectivity index (χ3v) is 8.98. The second-order valence-corrected chi connectivity index (χ2v) is 14.1.